The average molecular weight is 378 g/mol. The number of esters is 1. The number of ether oxygens (including phenoxy) is 2. The lowest BCUT2D eigenvalue weighted by atomic mass is 9.77. The van der Waals surface area contributed by atoms with E-state index in [-0.39, 0.29) is 19.6 Å². The molecule has 1 aliphatic rings. The van der Waals surface area contributed by atoms with Crippen LogP contribution < -0.4 is 5.73 Å². The van der Waals surface area contributed by atoms with E-state index in [0.29, 0.717) is 6.42 Å². The lowest BCUT2D eigenvalue weighted by Gasteiger charge is -2.43. The molecular weight excluding hydrogens is 352 g/mol. The SMILES string of the molecule is CC(C)(C)OC(=O)N1CCC[C@](C(=O)O)(C(=O)OCc2ccccc2)[C@H]1N. The van der Waals surface area contributed by atoms with Gasteiger partial charge in [-0.2, -0.15) is 0 Å². The number of carbonyl (C=O) groups is 3. The normalized spacial score (nSPS) is 22.8. The van der Waals surface area contributed by atoms with Crippen LogP contribution in [-0.4, -0.2) is 46.3 Å². The largest absolute Gasteiger partial charge is 0.480 e. The highest BCUT2D eigenvalue weighted by molar-refractivity contribution is 6.00. The molecule has 0 unspecified atom stereocenters. The molecule has 0 saturated carbocycles. The molecule has 1 aromatic rings. The van der Waals surface area contributed by atoms with Crippen molar-refractivity contribution >= 4 is 18.0 Å². The van der Waals surface area contributed by atoms with Gasteiger partial charge in [0.15, 0.2) is 5.41 Å². The Morgan fingerprint density at radius 1 is 1.26 bits per heavy atom. The molecule has 8 nitrogen and oxygen atoms in total. The number of carboxylic acids is 1. The maximum absolute atomic E-state index is 12.7. The van der Waals surface area contributed by atoms with E-state index >= 15 is 0 Å². The monoisotopic (exact) mass is 378 g/mol. The fourth-order valence-electron chi connectivity index (χ4n) is 3.00. The number of aliphatic carboxylic acids is 1. The highest BCUT2D eigenvalue weighted by atomic mass is 16.6. The molecule has 1 heterocycles. The Balaban J connectivity index is 2.21. The fraction of sp³-hybridized carbons (Fsp3) is 0.526. The minimum absolute atomic E-state index is 0.0174. The first kappa shape index (κ1) is 20.7. The topological polar surface area (TPSA) is 119 Å². The average Bonchev–Trinajstić information content (AvgIpc) is 2.59. The van der Waals surface area contributed by atoms with Crippen molar-refractivity contribution in [3.8, 4) is 0 Å². The standard InChI is InChI=1S/C19H26N2O6/c1-18(2,3)27-17(25)21-11-7-10-19(14(21)20,15(22)23)16(24)26-12-13-8-5-4-6-9-13/h4-6,8-9,14H,7,10-12,20H2,1-3H3,(H,22,23)/t14-,19-/m0/s1. The Morgan fingerprint density at radius 2 is 1.89 bits per heavy atom. The van der Waals surface area contributed by atoms with Crippen LogP contribution in [-0.2, 0) is 25.7 Å². The molecule has 2 atom stereocenters. The van der Waals surface area contributed by atoms with E-state index in [1.807, 2.05) is 6.07 Å². The molecule has 148 valence electrons. The van der Waals surface area contributed by atoms with Crippen LogP contribution >= 0.6 is 0 Å². The van der Waals surface area contributed by atoms with Crippen molar-refractivity contribution in [1.29, 1.82) is 0 Å². The highest BCUT2D eigenvalue weighted by Gasteiger charge is 2.58. The summed E-state index contributed by atoms with van der Waals surface area (Å²) in [4.78, 5) is 38.3. The van der Waals surface area contributed by atoms with Gasteiger partial charge in [-0.25, -0.2) is 4.79 Å². The van der Waals surface area contributed by atoms with Gasteiger partial charge in [-0.15, -0.1) is 0 Å². The predicted octanol–water partition coefficient (Wildman–Crippen LogP) is 2.12. The number of hydrogen-bond acceptors (Lipinski definition) is 6. The molecule has 27 heavy (non-hydrogen) atoms. The Bertz CT molecular complexity index is 700. The van der Waals surface area contributed by atoms with E-state index in [4.69, 9.17) is 15.2 Å². The lowest BCUT2D eigenvalue weighted by molar-refractivity contribution is -0.178. The van der Waals surface area contributed by atoms with Crippen molar-refractivity contribution in [2.45, 2.75) is 52.0 Å². The smallest absolute Gasteiger partial charge is 0.411 e. The summed E-state index contributed by atoms with van der Waals surface area (Å²) < 4.78 is 10.5. The minimum Gasteiger partial charge on any atom is -0.480 e. The van der Waals surface area contributed by atoms with Crippen molar-refractivity contribution in [2.75, 3.05) is 6.54 Å². The van der Waals surface area contributed by atoms with Gasteiger partial charge in [0.1, 0.15) is 18.4 Å². The molecule has 0 radical (unpaired) electrons. The van der Waals surface area contributed by atoms with Gasteiger partial charge in [0.2, 0.25) is 0 Å². The van der Waals surface area contributed by atoms with Gasteiger partial charge in [0.25, 0.3) is 0 Å². The van der Waals surface area contributed by atoms with E-state index in [0.717, 1.165) is 10.5 Å². The van der Waals surface area contributed by atoms with Crippen molar-refractivity contribution in [3.05, 3.63) is 35.9 Å². The number of nitrogens with two attached hydrogens (primary N) is 1. The summed E-state index contributed by atoms with van der Waals surface area (Å²) in [5, 5.41) is 9.80. The van der Waals surface area contributed by atoms with Gasteiger partial charge in [0, 0.05) is 6.54 Å². The Morgan fingerprint density at radius 3 is 2.44 bits per heavy atom. The number of likely N-dealkylation sites (tertiary alicyclic amines) is 1. The second-order valence-corrected chi connectivity index (χ2v) is 7.56. The molecule has 8 heteroatoms. The number of benzene rings is 1. The zero-order chi connectivity index (χ0) is 20.2. The van der Waals surface area contributed by atoms with E-state index in [1.54, 1.807) is 45.0 Å². The Labute approximate surface area is 158 Å². The summed E-state index contributed by atoms with van der Waals surface area (Å²) in [7, 11) is 0. The zero-order valence-corrected chi connectivity index (χ0v) is 15.8. The first-order chi connectivity index (χ1) is 12.6. The van der Waals surface area contributed by atoms with Gasteiger partial charge < -0.3 is 20.3 Å². The summed E-state index contributed by atoms with van der Waals surface area (Å²) in [6, 6.07) is 8.91. The maximum atomic E-state index is 12.7. The van der Waals surface area contributed by atoms with Gasteiger partial charge in [-0.3, -0.25) is 14.5 Å². The van der Waals surface area contributed by atoms with Crippen LogP contribution in [0, 0.1) is 5.41 Å². The molecule has 1 aromatic carbocycles. The van der Waals surface area contributed by atoms with E-state index < -0.39 is 35.2 Å². The van der Waals surface area contributed by atoms with Crippen LogP contribution in [0.15, 0.2) is 30.3 Å². The summed E-state index contributed by atoms with van der Waals surface area (Å²) in [5.41, 5.74) is 4.01. The zero-order valence-electron chi connectivity index (χ0n) is 15.8. The molecular formula is C19H26N2O6. The fourth-order valence-corrected chi connectivity index (χ4v) is 3.00. The van der Waals surface area contributed by atoms with Crippen LogP contribution in [0.5, 0.6) is 0 Å². The second-order valence-electron chi connectivity index (χ2n) is 7.56. The third kappa shape index (κ3) is 4.57. The third-order valence-corrected chi connectivity index (χ3v) is 4.40. The van der Waals surface area contributed by atoms with E-state index in [9.17, 15) is 19.5 Å². The molecule has 3 N–H and O–H groups in total. The van der Waals surface area contributed by atoms with Gasteiger partial charge >= 0.3 is 18.0 Å². The molecule has 0 spiro atoms. The molecule has 0 aromatic heterocycles. The van der Waals surface area contributed by atoms with Crippen molar-refractivity contribution in [3.63, 3.8) is 0 Å². The van der Waals surface area contributed by atoms with E-state index in [1.165, 1.54) is 0 Å². The third-order valence-electron chi connectivity index (χ3n) is 4.40. The Hall–Kier alpha value is -2.61. The lowest BCUT2D eigenvalue weighted by Crippen LogP contribution is -2.65. The number of piperidine rings is 1. The van der Waals surface area contributed by atoms with Gasteiger partial charge in [0.05, 0.1) is 0 Å². The predicted molar refractivity (Wildman–Crippen MR) is 96.5 cm³/mol. The summed E-state index contributed by atoms with van der Waals surface area (Å²) >= 11 is 0. The number of nitrogens with zero attached hydrogens (tertiary/aromatic N) is 1. The number of rotatable bonds is 4. The number of hydrogen-bond donors (Lipinski definition) is 2. The molecule has 1 saturated heterocycles. The number of amides is 1. The molecule has 1 fully saturated rings. The van der Waals surface area contributed by atoms with Gasteiger partial charge in [-0.05, 0) is 39.2 Å². The summed E-state index contributed by atoms with van der Waals surface area (Å²) in [5.74, 6) is -2.37. The van der Waals surface area contributed by atoms with Crippen LogP contribution in [0.4, 0.5) is 4.79 Å². The first-order valence-electron chi connectivity index (χ1n) is 8.77. The number of carbonyl (C=O) groups excluding carboxylic acids is 2. The molecule has 1 aliphatic heterocycles. The second kappa shape index (κ2) is 7.96. The van der Waals surface area contributed by atoms with Crippen LogP contribution in [0.25, 0.3) is 0 Å². The Kier molecular flexibility index (Phi) is 6.10. The quantitative estimate of drug-likeness (QED) is 0.608. The summed E-state index contributed by atoms with van der Waals surface area (Å²) in [6.07, 6.45) is -1.87. The van der Waals surface area contributed by atoms with Crippen molar-refractivity contribution < 1.29 is 29.0 Å². The molecule has 1 amide bonds. The molecule has 0 bridgehead atoms. The summed E-state index contributed by atoms with van der Waals surface area (Å²) in [6.45, 7) is 5.21. The molecule has 0 aliphatic carbocycles. The first-order valence-corrected chi connectivity index (χ1v) is 8.77. The highest BCUT2D eigenvalue weighted by Crippen LogP contribution is 2.36. The minimum atomic E-state index is -2.04. The molecule has 2 rings (SSSR count). The van der Waals surface area contributed by atoms with Crippen molar-refractivity contribution in [2.24, 2.45) is 11.1 Å². The van der Waals surface area contributed by atoms with Gasteiger partial charge in [-0.1, -0.05) is 30.3 Å². The van der Waals surface area contributed by atoms with Crippen LogP contribution in [0.1, 0.15) is 39.2 Å². The van der Waals surface area contributed by atoms with Crippen molar-refractivity contribution in [1.82, 2.24) is 4.90 Å². The van der Waals surface area contributed by atoms with Crippen LogP contribution in [0.3, 0.4) is 0 Å². The van der Waals surface area contributed by atoms with E-state index in [2.05, 4.69) is 0 Å². The number of carboxylic acid groups (broad SMARTS) is 1. The van der Waals surface area contributed by atoms with Crippen LogP contribution in [0.2, 0.25) is 0 Å². The maximum Gasteiger partial charge on any atom is 0.411 e.